The number of hydrogen-bond acceptors (Lipinski definition) is 9. The van der Waals surface area contributed by atoms with Gasteiger partial charge in [-0.3, -0.25) is 4.90 Å². The summed E-state index contributed by atoms with van der Waals surface area (Å²) in [4.78, 5) is 13.4. The zero-order chi connectivity index (χ0) is 33.4. The van der Waals surface area contributed by atoms with E-state index in [0.29, 0.717) is 64.3 Å². The highest BCUT2D eigenvalue weighted by atomic mass is 35.5. The average Bonchev–Trinajstić information content (AvgIpc) is 3.59. The summed E-state index contributed by atoms with van der Waals surface area (Å²) >= 11 is 8.13. The van der Waals surface area contributed by atoms with Crippen LogP contribution in [0.15, 0.2) is 36.4 Å². The van der Waals surface area contributed by atoms with Crippen LogP contribution in [-0.4, -0.2) is 71.4 Å². The van der Waals surface area contributed by atoms with Gasteiger partial charge in [-0.15, -0.1) is 11.3 Å². The molecule has 4 aromatic rings. The lowest BCUT2D eigenvalue weighted by molar-refractivity contribution is 0.107. The molecule has 14 heteroatoms. The van der Waals surface area contributed by atoms with Gasteiger partial charge in [-0.25, -0.2) is 8.78 Å². The number of aromatic nitrogens is 2. The van der Waals surface area contributed by atoms with Gasteiger partial charge in [-0.1, -0.05) is 23.7 Å². The second-order valence-electron chi connectivity index (χ2n) is 13.5. The van der Waals surface area contributed by atoms with Crippen LogP contribution in [0.4, 0.5) is 28.4 Å². The Bertz CT molecular complexity index is 2020. The van der Waals surface area contributed by atoms with Gasteiger partial charge in [-0.05, 0) is 55.8 Å². The van der Waals surface area contributed by atoms with Crippen LogP contribution in [0.3, 0.4) is 0 Å². The van der Waals surface area contributed by atoms with Gasteiger partial charge in [-0.2, -0.15) is 24.0 Å². The number of halogens is 5. The molecule has 5 aliphatic rings. The van der Waals surface area contributed by atoms with Crippen LogP contribution in [0.5, 0.6) is 6.01 Å². The van der Waals surface area contributed by atoms with Crippen molar-refractivity contribution in [1.29, 1.82) is 5.26 Å². The highest BCUT2D eigenvalue weighted by Crippen LogP contribution is 2.46. The molecule has 2 aromatic heterocycles. The van der Waals surface area contributed by atoms with E-state index in [-0.39, 0.29) is 46.7 Å². The van der Waals surface area contributed by atoms with Gasteiger partial charge in [0.25, 0.3) is 6.08 Å². The number of benzene rings is 2. The van der Waals surface area contributed by atoms with Gasteiger partial charge in [0.1, 0.15) is 35.2 Å². The first kappa shape index (κ1) is 31.6. The van der Waals surface area contributed by atoms with Gasteiger partial charge in [0.15, 0.2) is 5.82 Å². The lowest BCUT2D eigenvalue weighted by Crippen LogP contribution is -2.52. The molecular weight excluding hydrogens is 666 g/mol. The van der Waals surface area contributed by atoms with E-state index in [9.17, 15) is 18.4 Å². The largest absolute Gasteiger partial charge is 0.461 e. The molecule has 0 aliphatic carbocycles. The maximum atomic E-state index is 17.1. The van der Waals surface area contributed by atoms with Crippen molar-refractivity contribution in [3.8, 4) is 23.2 Å². The van der Waals surface area contributed by atoms with Crippen molar-refractivity contribution in [2.45, 2.75) is 49.4 Å². The molecule has 48 heavy (non-hydrogen) atoms. The van der Waals surface area contributed by atoms with Crippen LogP contribution in [0.25, 0.3) is 32.1 Å². The zero-order valence-corrected chi connectivity index (χ0v) is 27.4. The Morgan fingerprint density at radius 3 is 2.90 bits per heavy atom. The molecule has 7 heterocycles. The van der Waals surface area contributed by atoms with E-state index in [4.69, 9.17) is 27.1 Å². The Balaban J connectivity index is 1.30. The predicted octanol–water partition coefficient (Wildman–Crippen LogP) is 7.05. The van der Waals surface area contributed by atoms with Gasteiger partial charge in [0.2, 0.25) is 0 Å². The number of ether oxygens (including phenoxy) is 1. The zero-order valence-electron chi connectivity index (χ0n) is 25.8. The summed E-state index contributed by atoms with van der Waals surface area (Å²) in [5.74, 6) is -0.276. The first-order chi connectivity index (χ1) is 23.1. The highest BCUT2D eigenvalue weighted by molar-refractivity contribution is 7.23. The van der Waals surface area contributed by atoms with E-state index in [1.807, 2.05) is 11.0 Å². The van der Waals surface area contributed by atoms with Crippen molar-refractivity contribution in [1.82, 2.24) is 20.2 Å². The minimum Gasteiger partial charge on any atom is -0.461 e. The Labute approximate surface area is 283 Å². The Hall–Kier alpha value is -3.70. The third kappa shape index (κ3) is 5.16. The van der Waals surface area contributed by atoms with E-state index >= 15 is 4.39 Å². The number of anilines is 2. The summed E-state index contributed by atoms with van der Waals surface area (Å²) in [6, 6.07) is 8.89. The lowest BCUT2D eigenvalue weighted by atomic mass is 9.86. The van der Waals surface area contributed by atoms with Crippen LogP contribution in [0.2, 0.25) is 5.02 Å². The molecule has 0 amide bonds. The lowest BCUT2D eigenvalue weighted by Gasteiger charge is -2.35. The third-order valence-electron chi connectivity index (χ3n) is 10.6. The van der Waals surface area contributed by atoms with Crippen LogP contribution >= 0.6 is 22.9 Å². The fourth-order valence-corrected chi connectivity index (χ4v) is 9.63. The van der Waals surface area contributed by atoms with E-state index < -0.39 is 29.1 Å². The summed E-state index contributed by atoms with van der Waals surface area (Å²) in [6.07, 6.45) is 1.49. The SMILES string of the molecule is N#Cc1c(N)sc2cccc(-c3c(Cl)cc4c(N5C[C@H]6CC[C@](C=C(F)F)(C5)NC6)nc(OC[C@@]56CCCN5C[C@H](F)C6)nc4c3F)c12. The van der Waals surface area contributed by atoms with Crippen LogP contribution in [0, 0.1) is 23.1 Å². The second kappa shape index (κ2) is 11.7. The molecule has 2 aromatic carbocycles. The Morgan fingerprint density at radius 2 is 2.12 bits per heavy atom. The average molecular weight is 698 g/mol. The van der Waals surface area contributed by atoms with Crippen LogP contribution in [-0.2, 0) is 0 Å². The summed E-state index contributed by atoms with van der Waals surface area (Å²) in [5.41, 5.74) is 5.27. The number of thiophene rings is 1. The molecule has 0 saturated carbocycles. The fourth-order valence-electron chi connectivity index (χ4n) is 8.39. The smallest absolute Gasteiger partial charge is 0.319 e. The van der Waals surface area contributed by atoms with Crippen molar-refractivity contribution in [3.63, 3.8) is 0 Å². The van der Waals surface area contributed by atoms with E-state index in [0.717, 1.165) is 31.9 Å². The summed E-state index contributed by atoms with van der Waals surface area (Å²) in [6.45, 7) is 2.44. The quantitative estimate of drug-likeness (QED) is 0.207. The normalized spacial score (nSPS) is 27.0. The number of hydrogen-bond donors (Lipinski definition) is 2. The maximum Gasteiger partial charge on any atom is 0.319 e. The Morgan fingerprint density at radius 1 is 1.27 bits per heavy atom. The molecule has 2 bridgehead atoms. The number of piperidine rings is 1. The summed E-state index contributed by atoms with van der Waals surface area (Å²) < 4.78 is 66.1. The Kier molecular flexibility index (Phi) is 7.71. The molecule has 8 nitrogen and oxygen atoms in total. The number of nitrogens with zero attached hydrogens (tertiary/aromatic N) is 5. The van der Waals surface area contributed by atoms with Gasteiger partial charge < -0.3 is 20.7 Å². The fraction of sp³-hybridized carbons (Fsp3) is 0.441. The molecule has 9 rings (SSSR count). The third-order valence-corrected chi connectivity index (χ3v) is 11.9. The predicted molar refractivity (Wildman–Crippen MR) is 179 cm³/mol. The van der Waals surface area contributed by atoms with Crippen molar-refractivity contribution < 1.29 is 22.3 Å². The number of rotatable bonds is 6. The summed E-state index contributed by atoms with van der Waals surface area (Å²) in [7, 11) is 0. The monoisotopic (exact) mass is 697 g/mol. The molecule has 4 atom stereocenters. The minimum atomic E-state index is -1.78. The second-order valence-corrected chi connectivity index (χ2v) is 15.0. The molecule has 250 valence electrons. The minimum absolute atomic E-state index is 0.0489. The molecule has 0 unspecified atom stereocenters. The van der Waals surface area contributed by atoms with E-state index in [1.165, 1.54) is 11.3 Å². The van der Waals surface area contributed by atoms with Crippen molar-refractivity contribution in [2.24, 2.45) is 5.92 Å². The van der Waals surface area contributed by atoms with Gasteiger partial charge in [0, 0.05) is 59.7 Å². The molecule has 5 saturated heterocycles. The first-order valence-electron chi connectivity index (χ1n) is 16.1. The van der Waals surface area contributed by atoms with Crippen LogP contribution < -0.4 is 20.7 Å². The molecular formula is C34H32ClF4N7OS. The molecule has 5 fully saturated rings. The molecule has 3 N–H and O–H groups in total. The van der Waals surface area contributed by atoms with Crippen molar-refractivity contribution in [3.05, 3.63) is 52.8 Å². The topological polar surface area (TPSA) is 103 Å². The molecule has 0 spiro atoms. The van der Waals surface area contributed by atoms with Crippen molar-refractivity contribution >= 4 is 54.7 Å². The standard InChI is InChI=1S/C34H32ClF4N7OS/c35-23-9-21-29(28(39)27(23)20-3-1-4-24-26(20)22(12-40)30(41)48-24)43-32(47-17-34-6-2-8-46(34)15-19(36)10-34)44-31(21)45-14-18-5-7-33(16-45,42-13-18)11-25(37)38/h1,3-4,9,11,18-19,42H,2,5-8,10,13-17,41H2/t18-,19+,33-,34-/m0/s1. The number of nitriles is 1. The first-order valence-corrected chi connectivity index (χ1v) is 17.2. The number of nitrogen functional groups attached to an aromatic ring is 1. The molecule has 5 aliphatic heterocycles. The van der Waals surface area contributed by atoms with Crippen LogP contribution in [0.1, 0.15) is 37.7 Å². The van der Waals surface area contributed by atoms with Gasteiger partial charge in [0.05, 0.1) is 21.7 Å². The number of fused-ring (bicyclic) bond motifs is 7. The van der Waals surface area contributed by atoms with Crippen molar-refractivity contribution in [2.75, 3.05) is 50.0 Å². The summed E-state index contributed by atoms with van der Waals surface area (Å²) in [5, 5.41) is 14.4. The highest BCUT2D eigenvalue weighted by Gasteiger charge is 2.49. The van der Waals surface area contributed by atoms with E-state index in [1.54, 1.807) is 18.2 Å². The number of alkyl halides is 1. The van der Waals surface area contributed by atoms with Gasteiger partial charge >= 0.3 is 6.01 Å². The number of nitrogens with one attached hydrogen (secondary N) is 1. The number of nitrogens with two attached hydrogens (primary N) is 1. The molecule has 0 radical (unpaired) electrons. The maximum absolute atomic E-state index is 17.1. The van der Waals surface area contributed by atoms with E-state index in [2.05, 4.69) is 21.3 Å².